The number of hydrogen-bond donors (Lipinski definition) is 2. The molecule has 1 amide bonds. The second-order valence-electron chi connectivity index (χ2n) is 6.37. The van der Waals surface area contributed by atoms with E-state index in [0.29, 0.717) is 43.1 Å². The van der Waals surface area contributed by atoms with Gasteiger partial charge in [0.1, 0.15) is 5.82 Å². The van der Waals surface area contributed by atoms with Gasteiger partial charge < -0.3 is 16.0 Å². The number of carbonyl (C=O) groups is 1. The van der Waals surface area contributed by atoms with E-state index in [2.05, 4.69) is 10.3 Å². The van der Waals surface area contributed by atoms with Crippen molar-refractivity contribution in [2.24, 2.45) is 5.92 Å². The quantitative estimate of drug-likeness (QED) is 0.760. The largest absolute Gasteiger partial charge is 0.417 e. The molecule has 1 aromatic carbocycles. The summed E-state index contributed by atoms with van der Waals surface area (Å²) in [4.78, 5) is 18.1. The lowest BCUT2D eigenvalue weighted by atomic mass is 9.95. The molecule has 0 spiro atoms. The predicted octanol–water partition coefficient (Wildman–Crippen LogP) is 4.19. The van der Waals surface area contributed by atoms with Crippen molar-refractivity contribution >= 4 is 34.7 Å². The minimum absolute atomic E-state index is 0.0511. The molecule has 0 radical (unpaired) electrons. The number of aromatic nitrogens is 1. The summed E-state index contributed by atoms with van der Waals surface area (Å²) < 4.78 is 38.2. The summed E-state index contributed by atoms with van der Waals surface area (Å²) in [6, 6.07) is 7.88. The number of hydrogen-bond acceptors (Lipinski definition) is 4. The van der Waals surface area contributed by atoms with Crippen molar-refractivity contribution in [1.29, 1.82) is 0 Å². The molecule has 3 N–H and O–H groups in total. The summed E-state index contributed by atoms with van der Waals surface area (Å²) in [6.07, 6.45) is -2.63. The highest BCUT2D eigenvalue weighted by Gasteiger charge is 2.33. The third kappa shape index (κ3) is 4.44. The number of halogens is 4. The van der Waals surface area contributed by atoms with Gasteiger partial charge >= 0.3 is 6.18 Å². The molecule has 0 atom stereocenters. The number of alkyl halides is 3. The highest BCUT2D eigenvalue weighted by molar-refractivity contribution is 6.33. The van der Waals surface area contributed by atoms with Crippen LogP contribution < -0.4 is 16.0 Å². The molecule has 1 aliphatic rings. The summed E-state index contributed by atoms with van der Waals surface area (Å²) >= 11 is 6.00. The fourth-order valence-corrected chi connectivity index (χ4v) is 3.30. The first-order valence-corrected chi connectivity index (χ1v) is 8.76. The van der Waals surface area contributed by atoms with Crippen LogP contribution in [0.2, 0.25) is 5.02 Å². The molecule has 2 heterocycles. The molecular weight excluding hydrogens is 381 g/mol. The number of pyridine rings is 1. The molecule has 1 saturated heterocycles. The lowest BCUT2D eigenvalue weighted by Crippen LogP contribution is -2.38. The molecule has 3 rings (SSSR count). The molecule has 2 aromatic rings. The number of nitrogens with one attached hydrogen (secondary N) is 1. The third-order valence-electron chi connectivity index (χ3n) is 4.53. The second-order valence-corrected chi connectivity index (χ2v) is 6.77. The normalized spacial score (nSPS) is 15.6. The van der Waals surface area contributed by atoms with Gasteiger partial charge in [-0.05, 0) is 31.0 Å². The van der Waals surface area contributed by atoms with E-state index in [1.54, 1.807) is 29.2 Å². The Kier molecular flexibility index (Phi) is 5.46. The van der Waals surface area contributed by atoms with Gasteiger partial charge in [0.2, 0.25) is 5.91 Å². The highest BCUT2D eigenvalue weighted by Crippen LogP contribution is 2.34. The Bertz CT molecular complexity index is 836. The maximum Gasteiger partial charge on any atom is 0.417 e. The zero-order chi connectivity index (χ0) is 19.6. The Balaban J connectivity index is 1.62. The predicted molar refractivity (Wildman–Crippen MR) is 98.7 cm³/mol. The summed E-state index contributed by atoms with van der Waals surface area (Å²) in [6.45, 7) is 0.945. The maximum atomic E-state index is 12.7. The van der Waals surface area contributed by atoms with Crippen LogP contribution in [0.15, 0.2) is 36.5 Å². The Morgan fingerprint density at radius 2 is 1.93 bits per heavy atom. The second kappa shape index (κ2) is 7.64. The van der Waals surface area contributed by atoms with Crippen LogP contribution in [-0.2, 0) is 11.0 Å². The van der Waals surface area contributed by atoms with E-state index in [1.165, 1.54) is 0 Å². The van der Waals surface area contributed by atoms with Crippen molar-refractivity contribution < 1.29 is 18.0 Å². The van der Waals surface area contributed by atoms with Crippen LogP contribution >= 0.6 is 11.6 Å². The molecule has 5 nitrogen and oxygen atoms in total. The monoisotopic (exact) mass is 398 g/mol. The topological polar surface area (TPSA) is 71.2 Å². The molecule has 1 aliphatic heterocycles. The molecule has 0 aliphatic carbocycles. The molecule has 9 heteroatoms. The van der Waals surface area contributed by atoms with Crippen LogP contribution in [0.4, 0.5) is 30.4 Å². The van der Waals surface area contributed by atoms with E-state index in [4.69, 9.17) is 17.3 Å². The van der Waals surface area contributed by atoms with Crippen LogP contribution in [-0.4, -0.2) is 24.0 Å². The number of amides is 1. The summed E-state index contributed by atoms with van der Waals surface area (Å²) in [7, 11) is 0. The zero-order valence-corrected chi connectivity index (χ0v) is 15.0. The molecule has 0 unspecified atom stereocenters. The fourth-order valence-electron chi connectivity index (χ4n) is 3.02. The number of piperidine rings is 1. The van der Waals surface area contributed by atoms with E-state index < -0.39 is 11.7 Å². The van der Waals surface area contributed by atoms with Crippen molar-refractivity contribution in [2.45, 2.75) is 19.0 Å². The van der Waals surface area contributed by atoms with Gasteiger partial charge in [0.15, 0.2) is 0 Å². The number of nitrogens with two attached hydrogens (primary N) is 1. The van der Waals surface area contributed by atoms with Crippen molar-refractivity contribution in [3.8, 4) is 0 Å². The van der Waals surface area contributed by atoms with Crippen molar-refractivity contribution in [1.82, 2.24) is 4.98 Å². The Morgan fingerprint density at radius 1 is 1.26 bits per heavy atom. The molecule has 1 fully saturated rings. The number of rotatable bonds is 3. The first kappa shape index (κ1) is 19.3. The van der Waals surface area contributed by atoms with Crippen LogP contribution in [0, 0.1) is 5.92 Å². The minimum atomic E-state index is -4.49. The zero-order valence-electron chi connectivity index (χ0n) is 14.3. The number of carbonyl (C=O) groups excluding carboxylic acids is 1. The van der Waals surface area contributed by atoms with Crippen LogP contribution in [0.3, 0.4) is 0 Å². The van der Waals surface area contributed by atoms with Crippen molar-refractivity contribution in [3.63, 3.8) is 0 Å². The van der Waals surface area contributed by atoms with E-state index in [1.807, 2.05) is 0 Å². The summed E-state index contributed by atoms with van der Waals surface area (Å²) in [5.74, 6) is -0.0380. The molecule has 27 heavy (non-hydrogen) atoms. The molecule has 1 aromatic heterocycles. The van der Waals surface area contributed by atoms with Gasteiger partial charge in [0, 0.05) is 25.2 Å². The van der Waals surface area contributed by atoms with Crippen molar-refractivity contribution in [2.75, 3.05) is 29.0 Å². The number of anilines is 3. The average Bonchev–Trinajstić information content (AvgIpc) is 2.63. The third-order valence-corrected chi connectivity index (χ3v) is 4.81. The number of para-hydroxylation sites is 2. The van der Waals surface area contributed by atoms with Gasteiger partial charge in [-0.2, -0.15) is 13.2 Å². The van der Waals surface area contributed by atoms with E-state index >= 15 is 0 Å². The number of benzene rings is 1. The van der Waals surface area contributed by atoms with Crippen LogP contribution in [0.1, 0.15) is 18.4 Å². The lowest BCUT2D eigenvalue weighted by Gasteiger charge is -2.32. The maximum absolute atomic E-state index is 12.7. The van der Waals surface area contributed by atoms with Gasteiger partial charge in [-0.1, -0.05) is 23.7 Å². The Hall–Kier alpha value is -2.48. The molecular formula is C18H18ClF3N4O. The Labute approximate surface area is 159 Å². The van der Waals surface area contributed by atoms with Crippen molar-refractivity contribution in [3.05, 3.63) is 47.1 Å². The molecule has 0 saturated carbocycles. The SMILES string of the molecule is Nc1ccccc1NC(=O)C1CCN(c2ncc(C(F)(F)F)cc2Cl)CC1. The lowest BCUT2D eigenvalue weighted by molar-refractivity contribution is -0.137. The van der Waals surface area contributed by atoms with E-state index in [0.717, 1.165) is 12.3 Å². The Morgan fingerprint density at radius 3 is 2.52 bits per heavy atom. The number of nitrogens with zero attached hydrogens (tertiary/aromatic N) is 2. The molecule has 144 valence electrons. The van der Waals surface area contributed by atoms with Gasteiger partial charge in [-0.3, -0.25) is 4.79 Å². The van der Waals surface area contributed by atoms with Gasteiger partial charge in [-0.15, -0.1) is 0 Å². The standard InChI is InChI=1S/C18H18ClF3N4O/c19-13-9-12(18(20,21)22)10-24-16(13)26-7-5-11(6-8-26)17(27)25-15-4-2-1-3-14(15)23/h1-4,9-11H,5-8,23H2,(H,25,27). The van der Waals surface area contributed by atoms with E-state index in [-0.39, 0.29) is 16.8 Å². The summed E-state index contributed by atoms with van der Waals surface area (Å²) in [5, 5.41) is 2.77. The minimum Gasteiger partial charge on any atom is -0.397 e. The average molecular weight is 399 g/mol. The fraction of sp³-hybridized carbons (Fsp3) is 0.333. The van der Waals surface area contributed by atoms with Crippen LogP contribution in [0.5, 0.6) is 0 Å². The molecule has 0 bridgehead atoms. The van der Waals surface area contributed by atoms with E-state index in [9.17, 15) is 18.0 Å². The smallest absolute Gasteiger partial charge is 0.397 e. The summed E-state index contributed by atoms with van der Waals surface area (Å²) in [5.41, 5.74) is 6.00. The van der Waals surface area contributed by atoms with Gasteiger partial charge in [-0.25, -0.2) is 4.98 Å². The number of nitrogen functional groups attached to an aromatic ring is 1. The first-order valence-electron chi connectivity index (χ1n) is 8.39. The van der Waals surface area contributed by atoms with Gasteiger partial charge in [0.25, 0.3) is 0 Å². The first-order chi connectivity index (χ1) is 12.8. The van der Waals surface area contributed by atoms with Gasteiger partial charge in [0.05, 0.1) is 22.0 Å². The highest BCUT2D eigenvalue weighted by atomic mass is 35.5. The van der Waals surface area contributed by atoms with Crippen LogP contribution in [0.25, 0.3) is 0 Å².